The van der Waals surface area contributed by atoms with E-state index in [0.29, 0.717) is 45.4 Å². The van der Waals surface area contributed by atoms with E-state index in [0.717, 1.165) is 16.3 Å². The molecule has 1 aliphatic rings. The monoisotopic (exact) mass is 370 g/mol. The Morgan fingerprint density at radius 3 is 2.52 bits per heavy atom. The molecule has 2 aromatic rings. The van der Waals surface area contributed by atoms with E-state index in [1.54, 1.807) is 5.48 Å². The highest BCUT2D eigenvalue weighted by Gasteiger charge is 2.41. The second-order valence-corrected chi connectivity index (χ2v) is 7.00. The van der Waals surface area contributed by atoms with Gasteiger partial charge in [0.15, 0.2) is 0 Å². The summed E-state index contributed by atoms with van der Waals surface area (Å²) < 4.78 is 5.52. The minimum atomic E-state index is -0.579. The summed E-state index contributed by atoms with van der Waals surface area (Å²) in [5.41, 5.74) is 2.07. The van der Waals surface area contributed by atoms with E-state index in [4.69, 9.17) is 9.94 Å². The van der Waals surface area contributed by atoms with Crippen molar-refractivity contribution in [2.24, 2.45) is 0 Å². The van der Waals surface area contributed by atoms with Gasteiger partial charge in [0.05, 0.1) is 5.41 Å². The molecule has 6 nitrogen and oxygen atoms in total. The molecule has 3 N–H and O–H groups in total. The Bertz CT molecular complexity index is 800. The number of carbonyl (C=O) groups excluding carboxylic acids is 2. The molecule has 0 aromatic heterocycles. The van der Waals surface area contributed by atoms with Gasteiger partial charge in [-0.25, -0.2) is 5.48 Å². The zero-order chi connectivity index (χ0) is 19.1. The van der Waals surface area contributed by atoms with Gasteiger partial charge in [-0.15, -0.1) is 0 Å². The summed E-state index contributed by atoms with van der Waals surface area (Å²) in [6, 6.07) is 14.4. The lowest BCUT2D eigenvalue weighted by molar-refractivity contribution is -0.130. The van der Waals surface area contributed by atoms with Crippen LogP contribution in [-0.2, 0) is 19.7 Å². The van der Waals surface area contributed by atoms with Crippen LogP contribution in [0.2, 0.25) is 0 Å². The van der Waals surface area contributed by atoms with Crippen molar-refractivity contribution < 1.29 is 19.5 Å². The summed E-state index contributed by atoms with van der Waals surface area (Å²) in [5.74, 6) is -0.383. The molecule has 6 heteroatoms. The number of nitrogens with one attached hydrogen (secondary N) is 2. The van der Waals surface area contributed by atoms with Crippen molar-refractivity contribution in [1.82, 2.24) is 10.8 Å². The molecule has 144 valence electrons. The average Bonchev–Trinajstić information content (AvgIpc) is 2.73. The van der Waals surface area contributed by atoms with Crippen LogP contribution in [0.4, 0.5) is 0 Å². The van der Waals surface area contributed by atoms with E-state index in [2.05, 4.69) is 35.6 Å². The number of fused-ring (bicyclic) bond motifs is 1. The lowest BCUT2D eigenvalue weighted by Crippen LogP contribution is -2.48. The smallest absolute Gasteiger partial charge is 0.243 e. The number of benzene rings is 2. The summed E-state index contributed by atoms with van der Waals surface area (Å²) in [4.78, 5) is 24.2. The fourth-order valence-electron chi connectivity index (χ4n) is 3.69. The Hall–Kier alpha value is -2.44. The number of hydroxylamine groups is 1. The van der Waals surface area contributed by atoms with Crippen molar-refractivity contribution in [3.8, 4) is 0 Å². The average molecular weight is 370 g/mol. The minimum Gasteiger partial charge on any atom is -0.381 e. The first kappa shape index (κ1) is 19.3. The maximum atomic E-state index is 13.1. The van der Waals surface area contributed by atoms with Gasteiger partial charge in [-0.1, -0.05) is 42.5 Å². The molecular weight excluding hydrogens is 344 g/mol. The summed E-state index contributed by atoms with van der Waals surface area (Å²) in [6.45, 7) is 1.64. The molecule has 2 amide bonds. The predicted molar refractivity (Wildman–Crippen MR) is 102 cm³/mol. The van der Waals surface area contributed by atoms with Gasteiger partial charge in [-0.3, -0.25) is 14.8 Å². The molecule has 1 aliphatic heterocycles. The van der Waals surface area contributed by atoms with Crippen LogP contribution in [0.25, 0.3) is 10.8 Å². The van der Waals surface area contributed by atoms with Crippen molar-refractivity contribution in [3.63, 3.8) is 0 Å². The van der Waals surface area contributed by atoms with Crippen LogP contribution in [0.1, 0.15) is 37.7 Å². The summed E-state index contributed by atoms with van der Waals surface area (Å²) in [7, 11) is 0. The number of ether oxygens (including phenoxy) is 1. The van der Waals surface area contributed by atoms with E-state index >= 15 is 0 Å². The highest BCUT2D eigenvalue weighted by molar-refractivity contribution is 5.91. The van der Waals surface area contributed by atoms with Gasteiger partial charge in [-0.05, 0) is 42.0 Å². The Kier molecular flexibility index (Phi) is 6.42. The molecular formula is C21H26N2O4. The van der Waals surface area contributed by atoms with Crippen LogP contribution in [0.5, 0.6) is 0 Å². The zero-order valence-corrected chi connectivity index (χ0v) is 15.4. The number of rotatable bonds is 7. The van der Waals surface area contributed by atoms with E-state index in [1.165, 1.54) is 0 Å². The van der Waals surface area contributed by atoms with Crippen molar-refractivity contribution in [2.75, 3.05) is 19.8 Å². The van der Waals surface area contributed by atoms with E-state index in [9.17, 15) is 9.59 Å². The molecule has 1 heterocycles. The van der Waals surface area contributed by atoms with Crippen molar-refractivity contribution in [2.45, 2.75) is 37.5 Å². The molecule has 3 rings (SSSR count). The highest BCUT2D eigenvalue weighted by Crippen LogP contribution is 2.36. The Labute approximate surface area is 158 Å². The van der Waals surface area contributed by atoms with Gasteiger partial charge in [0.25, 0.3) is 0 Å². The summed E-state index contributed by atoms with van der Waals surface area (Å²) >= 11 is 0. The molecule has 2 aromatic carbocycles. The van der Waals surface area contributed by atoms with Crippen molar-refractivity contribution in [3.05, 3.63) is 48.0 Å². The summed E-state index contributed by atoms with van der Waals surface area (Å²) in [6.07, 6.45) is 2.85. The molecule has 27 heavy (non-hydrogen) atoms. The third-order valence-electron chi connectivity index (χ3n) is 5.32. The molecule has 1 fully saturated rings. The molecule has 0 spiro atoms. The standard InChI is InChI=1S/C21H26N2O4/c24-19(23-26)7-3-4-12-22-20(25)21(10-13-27-14-11-21)18-9-8-16-5-1-2-6-17(16)15-18/h1-2,5-6,8-9,15,26H,3-4,7,10-14H2,(H,22,25)(H,23,24). The van der Waals surface area contributed by atoms with E-state index in [1.807, 2.05) is 12.1 Å². The molecule has 0 atom stereocenters. The highest BCUT2D eigenvalue weighted by atomic mass is 16.5. The molecule has 0 radical (unpaired) electrons. The third-order valence-corrected chi connectivity index (χ3v) is 5.32. The maximum Gasteiger partial charge on any atom is 0.243 e. The van der Waals surface area contributed by atoms with Gasteiger partial charge in [0.1, 0.15) is 0 Å². The lowest BCUT2D eigenvalue weighted by Gasteiger charge is -2.36. The van der Waals surface area contributed by atoms with Gasteiger partial charge < -0.3 is 10.1 Å². The number of unbranched alkanes of at least 4 members (excludes halogenated alkanes) is 1. The Balaban J connectivity index is 1.71. The van der Waals surface area contributed by atoms with Gasteiger partial charge >= 0.3 is 0 Å². The largest absolute Gasteiger partial charge is 0.381 e. The molecule has 0 unspecified atom stereocenters. The third kappa shape index (κ3) is 4.46. The first-order valence-electron chi connectivity index (χ1n) is 9.44. The van der Waals surface area contributed by atoms with Crippen molar-refractivity contribution in [1.29, 1.82) is 0 Å². The summed E-state index contributed by atoms with van der Waals surface area (Å²) in [5, 5.41) is 13.8. The number of hydrogen-bond acceptors (Lipinski definition) is 4. The maximum absolute atomic E-state index is 13.1. The SMILES string of the molecule is O=C(CCCCNC(=O)C1(c2ccc3ccccc3c2)CCOCC1)NO. The van der Waals surface area contributed by atoms with Crippen LogP contribution < -0.4 is 10.8 Å². The quantitative estimate of drug-likeness (QED) is 0.397. The van der Waals surface area contributed by atoms with E-state index in [-0.39, 0.29) is 12.3 Å². The van der Waals surface area contributed by atoms with Gasteiger partial charge in [0, 0.05) is 26.2 Å². The number of amides is 2. The van der Waals surface area contributed by atoms with Crippen LogP contribution in [-0.4, -0.2) is 36.8 Å². The molecule has 1 saturated heterocycles. The van der Waals surface area contributed by atoms with Crippen LogP contribution in [0, 0.1) is 0 Å². The lowest BCUT2D eigenvalue weighted by atomic mass is 9.73. The second kappa shape index (κ2) is 8.97. The Morgan fingerprint density at radius 1 is 1.04 bits per heavy atom. The van der Waals surface area contributed by atoms with Gasteiger partial charge in [0.2, 0.25) is 11.8 Å². The minimum absolute atomic E-state index is 0.0210. The molecule has 0 saturated carbocycles. The van der Waals surface area contributed by atoms with E-state index < -0.39 is 11.3 Å². The predicted octanol–water partition coefficient (Wildman–Crippen LogP) is 2.68. The van der Waals surface area contributed by atoms with Crippen molar-refractivity contribution >= 4 is 22.6 Å². The molecule has 0 aliphatic carbocycles. The molecule has 0 bridgehead atoms. The fourth-order valence-corrected chi connectivity index (χ4v) is 3.69. The van der Waals surface area contributed by atoms with Crippen LogP contribution >= 0.6 is 0 Å². The normalized spacial score (nSPS) is 16.0. The first-order chi connectivity index (χ1) is 13.2. The fraction of sp³-hybridized carbons (Fsp3) is 0.429. The van der Waals surface area contributed by atoms with Crippen LogP contribution in [0.3, 0.4) is 0 Å². The number of hydrogen-bond donors (Lipinski definition) is 3. The van der Waals surface area contributed by atoms with Gasteiger partial charge in [-0.2, -0.15) is 0 Å². The Morgan fingerprint density at radius 2 is 1.78 bits per heavy atom. The topological polar surface area (TPSA) is 87.7 Å². The zero-order valence-electron chi connectivity index (χ0n) is 15.4. The second-order valence-electron chi connectivity index (χ2n) is 7.00. The van der Waals surface area contributed by atoms with Crippen LogP contribution in [0.15, 0.2) is 42.5 Å². The first-order valence-corrected chi connectivity index (χ1v) is 9.44. The number of carbonyl (C=O) groups is 2.